The Kier molecular flexibility index (Phi) is 9.65. The zero-order valence-corrected chi connectivity index (χ0v) is 18.0. The number of unbranched alkanes of at least 4 members (excludes halogenated alkanes) is 1. The molecule has 148 valence electrons. The van der Waals surface area contributed by atoms with E-state index in [4.69, 9.17) is 0 Å². The maximum absolute atomic E-state index is 4.29. The van der Waals surface area contributed by atoms with E-state index in [-0.39, 0.29) is 0 Å². The van der Waals surface area contributed by atoms with Gasteiger partial charge in [0.25, 0.3) is 0 Å². The lowest BCUT2D eigenvalue weighted by molar-refractivity contribution is 0.657. The van der Waals surface area contributed by atoms with Crippen molar-refractivity contribution in [1.29, 1.82) is 0 Å². The molecule has 0 spiro atoms. The van der Waals surface area contributed by atoms with Crippen LogP contribution in [0.15, 0.2) is 75.9 Å². The Morgan fingerprint density at radius 1 is 0.821 bits per heavy atom. The Hall–Kier alpha value is -1.59. The summed E-state index contributed by atoms with van der Waals surface area (Å²) in [6.45, 7) is 0.531. The molecule has 3 rings (SSSR count). The van der Waals surface area contributed by atoms with E-state index in [0.717, 1.165) is 35.4 Å². The third-order valence-corrected chi connectivity index (χ3v) is 7.21. The standard InChI is InChI=1S/C23H29N3S2/c1-3-9-20(10-4-1)17-27-16-15-22(28-18-21-11-5-2-6-12-21)13-7-8-14-23-24-19-25-26-23/h1-6,9-12,22H,7-8,13-19H2. The van der Waals surface area contributed by atoms with Crippen molar-refractivity contribution in [2.75, 3.05) is 12.4 Å². The van der Waals surface area contributed by atoms with Gasteiger partial charge in [-0.1, -0.05) is 67.1 Å². The summed E-state index contributed by atoms with van der Waals surface area (Å²) in [5.74, 6) is 4.38. The second kappa shape index (κ2) is 12.8. The molecule has 1 aliphatic heterocycles. The summed E-state index contributed by atoms with van der Waals surface area (Å²) in [6.07, 6.45) is 5.92. The largest absolute Gasteiger partial charge is 0.243 e. The average molecular weight is 412 g/mol. The molecule has 3 nitrogen and oxygen atoms in total. The molecule has 0 aliphatic carbocycles. The minimum absolute atomic E-state index is 0.531. The Balaban J connectivity index is 1.39. The van der Waals surface area contributed by atoms with Crippen molar-refractivity contribution < 1.29 is 0 Å². The SMILES string of the molecule is c1ccc(CSCCC(CCCCC2=NCN=N2)SCc2ccccc2)cc1. The van der Waals surface area contributed by atoms with Crippen LogP contribution in [0.2, 0.25) is 0 Å². The number of nitrogens with zero attached hydrogens (tertiary/aromatic N) is 3. The highest BCUT2D eigenvalue weighted by atomic mass is 32.2. The van der Waals surface area contributed by atoms with Crippen LogP contribution in [0.25, 0.3) is 0 Å². The second-order valence-corrected chi connectivity index (χ2v) is 9.34. The van der Waals surface area contributed by atoms with Crippen LogP contribution in [0, 0.1) is 0 Å². The van der Waals surface area contributed by atoms with Gasteiger partial charge in [0.1, 0.15) is 5.84 Å². The zero-order chi connectivity index (χ0) is 19.3. The van der Waals surface area contributed by atoms with Crippen LogP contribution in [0.3, 0.4) is 0 Å². The van der Waals surface area contributed by atoms with Gasteiger partial charge in [-0.15, -0.1) is 5.11 Å². The molecule has 1 atom stereocenters. The number of aliphatic imine (C=N–C) groups is 1. The molecule has 0 aromatic heterocycles. The third kappa shape index (κ3) is 8.19. The first kappa shape index (κ1) is 21.1. The van der Waals surface area contributed by atoms with Gasteiger partial charge in [-0.2, -0.15) is 28.6 Å². The van der Waals surface area contributed by atoms with E-state index in [0.29, 0.717) is 6.67 Å². The fourth-order valence-electron chi connectivity index (χ4n) is 3.12. The molecule has 0 saturated carbocycles. The minimum Gasteiger partial charge on any atom is -0.243 e. The molecular weight excluding hydrogens is 382 g/mol. The highest BCUT2D eigenvalue weighted by Crippen LogP contribution is 2.27. The van der Waals surface area contributed by atoms with E-state index in [1.807, 2.05) is 0 Å². The van der Waals surface area contributed by atoms with Crippen LogP contribution >= 0.6 is 23.5 Å². The maximum Gasteiger partial charge on any atom is 0.152 e. The Labute approximate surface area is 177 Å². The molecule has 1 unspecified atom stereocenters. The molecule has 0 amide bonds. The smallest absolute Gasteiger partial charge is 0.152 e. The highest BCUT2D eigenvalue weighted by molar-refractivity contribution is 7.99. The first-order valence-corrected chi connectivity index (χ1v) is 12.3. The summed E-state index contributed by atoms with van der Waals surface area (Å²) in [6, 6.07) is 21.6. The number of rotatable bonds is 13. The van der Waals surface area contributed by atoms with Gasteiger partial charge >= 0.3 is 0 Å². The molecule has 2 aromatic rings. The molecule has 28 heavy (non-hydrogen) atoms. The Morgan fingerprint density at radius 2 is 1.54 bits per heavy atom. The summed E-state index contributed by atoms with van der Waals surface area (Å²) in [5, 5.41) is 8.73. The predicted molar refractivity (Wildman–Crippen MR) is 124 cm³/mol. The lowest BCUT2D eigenvalue weighted by atomic mass is 10.1. The number of thioether (sulfide) groups is 2. The molecule has 0 saturated heterocycles. The average Bonchev–Trinajstić information content (AvgIpc) is 3.27. The maximum atomic E-state index is 4.29. The van der Waals surface area contributed by atoms with E-state index in [2.05, 4.69) is 99.4 Å². The van der Waals surface area contributed by atoms with Crippen LogP contribution in [0.4, 0.5) is 0 Å². The molecule has 2 aromatic carbocycles. The molecule has 0 bridgehead atoms. The van der Waals surface area contributed by atoms with E-state index < -0.39 is 0 Å². The molecule has 0 N–H and O–H groups in total. The first-order valence-electron chi connectivity index (χ1n) is 10.1. The molecule has 5 heteroatoms. The van der Waals surface area contributed by atoms with Crippen LogP contribution in [-0.2, 0) is 11.5 Å². The fourth-order valence-corrected chi connectivity index (χ4v) is 5.53. The normalized spacial score (nSPS) is 14.2. The molecule has 0 fully saturated rings. The summed E-state index contributed by atoms with van der Waals surface area (Å²) in [4.78, 5) is 4.29. The summed E-state index contributed by atoms with van der Waals surface area (Å²) in [7, 11) is 0. The van der Waals surface area contributed by atoms with Crippen LogP contribution < -0.4 is 0 Å². The number of azo groups is 1. The summed E-state index contributed by atoms with van der Waals surface area (Å²) < 4.78 is 0. The van der Waals surface area contributed by atoms with Crippen LogP contribution in [0.5, 0.6) is 0 Å². The van der Waals surface area contributed by atoms with Crippen molar-refractivity contribution >= 4 is 29.4 Å². The molecule has 1 heterocycles. The molecular formula is C23H29N3S2. The zero-order valence-electron chi connectivity index (χ0n) is 16.4. The minimum atomic E-state index is 0.531. The number of benzene rings is 2. The van der Waals surface area contributed by atoms with Crippen molar-refractivity contribution in [3.8, 4) is 0 Å². The number of amidine groups is 1. The van der Waals surface area contributed by atoms with Crippen molar-refractivity contribution in [2.24, 2.45) is 15.2 Å². The van der Waals surface area contributed by atoms with Crippen molar-refractivity contribution in [1.82, 2.24) is 0 Å². The van der Waals surface area contributed by atoms with Crippen LogP contribution in [0.1, 0.15) is 43.2 Å². The van der Waals surface area contributed by atoms with E-state index >= 15 is 0 Å². The van der Waals surface area contributed by atoms with Crippen molar-refractivity contribution in [2.45, 2.75) is 48.9 Å². The van der Waals surface area contributed by atoms with Gasteiger partial charge in [0, 0.05) is 23.2 Å². The third-order valence-electron chi connectivity index (χ3n) is 4.70. The molecule has 0 radical (unpaired) electrons. The number of hydrogen-bond acceptors (Lipinski definition) is 5. The topological polar surface area (TPSA) is 37.1 Å². The van der Waals surface area contributed by atoms with E-state index in [1.54, 1.807) is 0 Å². The van der Waals surface area contributed by atoms with Gasteiger partial charge in [-0.3, -0.25) is 0 Å². The van der Waals surface area contributed by atoms with Gasteiger partial charge in [0.15, 0.2) is 6.67 Å². The van der Waals surface area contributed by atoms with Gasteiger partial charge in [-0.25, -0.2) is 4.99 Å². The van der Waals surface area contributed by atoms with Gasteiger partial charge in [-0.05, 0) is 36.1 Å². The van der Waals surface area contributed by atoms with E-state index in [9.17, 15) is 0 Å². The Bertz CT molecular complexity index is 732. The highest BCUT2D eigenvalue weighted by Gasteiger charge is 2.11. The van der Waals surface area contributed by atoms with Gasteiger partial charge in [0.2, 0.25) is 0 Å². The van der Waals surface area contributed by atoms with Gasteiger partial charge < -0.3 is 0 Å². The summed E-state index contributed by atoms with van der Waals surface area (Å²) >= 11 is 4.17. The Morgan fingerprint density at radius 3 is 2.21 bits per heavy atom. The fraction of sp³-hybridized carbons (Fsp3) is 0.435. The summed E-state index contributed by atoms with van der Waals surface area (Å²) in [5.41, 5.74) is 2.85. The van der Waals surface area contributed by atoms with Crippen molar-refractivity contribution in [3.05, 3.63) is 71.8 Å². The monoisotopic (exact) mass is 411 g/mol. The first-order chi connectivity index (χ1) is 13.9. The molecule has 1 aliphatic rings. The van der Waals surface area contributed by atoms with E-state index in [1.165, 1.54) is 36.1 Å². The van der Waals surface area contributed by atoms with Gasteiger partial charge in [0.05, 0.1) is 0 Å². The lowest BCUT2D eigenvalue weighted by Crippen LogP contribution is -2.06. The van der Waals surface area contributed by atoms with Crippen LogP contribution in [-0.4, -0.2) is 23.5 Å². The predicted octanol–water partition coefficient (Wildman–Crippen LogP) is 6.99. The van der Waals surface area contributed by atoms with Crippen molar-refractivity contribution in [3.63, 3.8) is 0 Å². The number of hydrogen-bond donors (Lipinski definition) is 0. The second-order valence-electron chi connectivity index (χ2n) is 6.95. The lowest BCUT2D eigenvalue weighted by Gasteiger charge is -2.16. The quantitative estimate of drug-likeness (QED) is 0.333.